The Balaban J connectivity index is 2.11. The van der Waals surface area contributed by atoms with Gasteiger partial charge in [0.1, 0.15) is 0 Å². The quantitative estimate of drug-likeness (QED) is 0.732. The Morgan fingerprint density at radius 3 is 2.38 bits per heavy atom. The van der Waals surface area contributed by atoms with Crippen molar-refractivity contribution >= 4 is 16.6 Å². The lowest BCUT2D eigenvalue weighted by atomic mass is 10.0. The number of pyridine rings is 1. The van der Waals surface area contributed by atoms with Crippen LogP contribution in [0.2, 0.25) is 0 Å². The van der Waals surface area contributed by atoms with E-state index in [0.29, 0.717) is 6.04 Å². The molecule has 1 unspecified atom stereocenters. The van der Waals surface area contributed by atoms with Crippen molar-refractivity contribution in [3.8, 4) is 0 Å². The molecule has 0 spiro atoms. The minimum absolute atomic E-state index is 0.464. The minimum atomic E-state index is 0.464. The number of nitrogens with zero attached hydrogens (tertiary/aromatic N) is 2. The van der Waals surface area contributed by atoms with E-state index in [9.17, 15) is 0 Å². The third-order valence-electron chi connectivity index (χ3n) is 5.07. The molecule has 1 N–H and O–H groups in total. The Bertz CT molecular complexity index is 674. The van der Waals surface area contributed by atoms with Crippen LogP contribution in [-0.2, 0) is 0 Å². The van der Waals surface area contributed by atoms with Crippen LogP contribution in [-0.4, -0.2) is 35.6 Å². The summed E-state index contributed by atoms with van der Waals surface area (Å²) in [6.45, 7) is 16.7. The molecule has 0 saturated heterocycles. The fourth-order valence-electron chi connectivity index (χ4n) is 3.22. The smallest absolute Gasteiger partial charge is 0.0725 e. The summed E-state index contributed by atoms with van der Waals surface area (Å²) >= 11 is 0. The first-order chi connectivity index (χ1) is 11.5. The first-order valence-electron chi connectivity index (χ1n) is 9.31. The maximum Gasteiger partial charge on any atom is 0.0725 e. The van der Waals surface area contributed by atoms with Gasteiger partial charge >= 0.3 is 0 Å². The molecule has 0 bridgehead atoms. The topological polar surface area (TPSA) is 28.2 Å². The zero-order valence-corrected chi connectivity index (χ0v) is 16.2. The molecule has 132 valence electrons. The van der Waals surface area contributed by atoms with Crippen molar-refractivity contribution < 1.29 is 0 Å². The standard InChI is InChI=1S/C21H33N3/c1-7-24(8-2)11-9-10-18(6)23-21-17(5)14-22-20-13-16(4)15(3)12-19(20)21/h12-14,18H,7-11H2,1-6H3,(H,22,23). The van der Waals surface area contributed by atoms with Gasteiger partial charge in [-0.25, -0.2) is 0 Å². The molecule has 0 aliphatic carbocycles. The summed E-state index contributed by atoms with van der Waals surface area (Å²) in [5, 5.41) is 5.00. The molecule has 0 fully saturated rings. The van der Waals surface area contributed by atoms with Gasteiger partial charge in [-0.3, -0.25) is 4.98 Å². The molecule has 0 amide bonds. The molecule has 3 heteroatoms. The van der Waals surface area contributed by atoms with Gasteiger partial charge in [0.25, 0.3) is 0 Å². The summed E-state index contributed by atoms with van der Waals surface area (Å²) < 4.78 is 0. The van der Waals surface area contributed by atoms with Gasteiger partial charge in [-0.1, -0.05) is 13.8 Å². The highest BCUT2D eigenvalue weighted by Gasteiger charge is 2.11. The zero-order valence-electron chi connectivity index (χ0n) is 16.2. The Labute approximate surface area is 147 Å². The van der Waals surface area contributed by atoms with Crippen molar-refractivity contribution in [1.82, 2.24) is 9.88 Å². The molecule has 2 rings (SSSR count). The molecule has 1 atom stereocenters. The SMILES string of the molecule is CCN(CC)CCCC(C)Nc1c(C)cnc2cc(C)c(C)cc12. The Morgan fingerprint density at radius 2 is 1.71 bits per heavy atom. The Hall–Kier alpha value is -1.61. The summed E-state index contributed by atoms with van der Waals surface area (Å²) in [7, 11) is 0. The van der Waals surface area contributed by atoms with Crippen LogP contribution >= 0.6 is 0 Å². The lowest BCUT2D eigenvalue weighted by molar-refractivity contribution is 0.295. The van der Waals surface area contributed by atoms with E-state index in [4.69, 9.17) is 0 Å². The van der Waals surface area contributed by atoms with Gasteiger partial charge in [-0.15, -0.1) is 0 Å². The summed E-state index contributed by atoms with van der Waals surface area (Å²) in [6, 6.07) is 4.93. The lowest BCUT2D eigenvalue weighted by Gasteiger charge is -2.22. The van der Waals surface area contributed by atoms with Crippen molar-refractivity contribution in [3.05, 3.63) is 35.0 Å². The molecule has 0 aliphatic heterocycles. The van der Waals surface area contributed by atoms with E-state index in [-0.39, 0.29) is 0 Å². The number of aromatic nitrogens is 1. The monoisotopic (exact) mass is 327 g/mol. The van der Waals surface area contributed by atoms with E-state index in [1.807, 2.05) is 6.20 Å². The maximum atomic E-state index is 4.61. The van der Waals surface area contributed by atoms with E-state index in [1.54, 1.807) is 0 Å². The highest BCUT2D eigenvalue weighted by Crippen LogP contribution is 2.28. The molecule has 0 aliphatic rings. The number of hydrogen-bond donors (Lipinski definition) is 1. The average Bonchev–Trinajstić information content (AvgIpc) is 2.56. The fraction of sp³-hybridized carbons (Fsp3) is 0.571. The van der Waals surface area contributed by atoms with Crippen LogP contribution in [0.5, 0.6) is 0 Å². The number of aryl methyl sites for hydroxylation is 3. The first kappa shape index (κ1) is 18.7. The van der Waals surface area contributed by atoms with Crippen LogP contribution < -0.4 is 5.32 Å². The number of fused-ring (bicyclic) bond motifs is 1. The summed E-state index contributed by atoms with van der Waals surface area (Å²) in [4.78, 5) is 7.10. The van der Waals surface area contributed by atoms with Gasteiger partial charge in [0.2, 0.25) is 0 Å². The van der Waals surface area contributed by atoms with Crippen molar-refractivity contribution in [2.24, 2.45) is 0 Å². The molecular formula is C21H33N3. The van der Waals surface area contributed by atoms with E-state index in [1.165, 1.54) is 47.2 Å². The van der Waals surface area contributed by atoms with E-state index >= 15 is 0 Å². The molecule has 1 aromatic heterocycles. The highest BCUT2D eigenvalue weighted by atomic mass is 15.1. The van der Waals surface area contributed by atoms with Crippen LogP contribution in [0.15, 0.2) is 18.3 Å². The number of hydrogen-bond acceptors (Lipinski definition) is 3. The highest BCUT2D eigenvalue weighted by molar-refractivity contribution is 5.93. The summed E-state index contributed by atoms with van der Waals surface area (Å²) in [5.41, 5.74) is 6.19. The van der Waals surface area contributed by atoms with Gasteiger partial charge in [-0.2, -0.15) is 0 Å². The zero-order chi connectivity index (χ0) is 17.7. The van der Waals surface area contributed by atoms with Gasteiger partial charge in [-0.05, 0) is 89.0 Å². The Morgan fingerprint density at radius 1 is 1.04 bits per heavy atom. The van der Waals surface area contributed by atoms with Crippen molar-refractivity contribution in [3.63, 3.8) is 0 Å². The molecule has 3 nitrogen and oxygen atoms in total. The molecule has 1 heterocycles. The second kappa shape index (κ2) is 8.48. The van der Waals surface area contributed by atoms with Crippen LogP contribution in [0.1, 0.15) is 50.3 Å². The number of anilines is 1. The lowest BCUT2D eigenvalue weighted by Crippen LogP contribution is -2.25. The third-order valence-corrected chi connectivity index (χ3v) is 5.07. The molecule has 1 aromatic carbocycles. The summed E-state index contributed by atoms with van der Waals surface area (Å²) in [5.74, 6) is 0. The fourth-order valence-corrected chi connectivity index (χ4v) is 3.22. The van der Waals surface area contributed by atoms with Crippen LogP contribution in [0.4, 0.5) is 5.69 Å². The normalized spacial score (nSPS) is 12.8. The minimum Gasteiger partial charge on any atom is -0.382 e. The van der Waals surface area contributed by atoms with Crippen molar-refractivity contribution in [2.75, 3.05) is 25.0 Å². The van der Waals surface area contributed by atoms with Crippen LogP contribution in [0.3, 0.4) is 0 Å². The second-order valence-electron chi connectivity index (χ2n) is 6.98. The van der Waals surface area contributed by atoms with E-state index < -0.39 is 0 Å². The van der Waals surface area contributed by atoms with Gasteiger partial charge in [0, 0.05) is 23.3 Å². The van der Waals surface area contributed by atoms with Crippen LogP contribution in [0, 0.1) is 20.8 Å². The van der Waals surface area contributed by atoms with Gasteiger partial charge in [0.15, 0.2) is 0 Å². The predicted molar refractivity (Wildman–Crippen MR) is 106 cm³/mol. The van der Waals surface area contributed by atoms with E-state index in [2.05, 4.69) is 68.9 Å². The molecule has 0 radical (unpaired) electrons. The molecule has 2 aromatic rings. The summed E-state index contributed by atoms with van der Waals surface area (Å²) in [6.07, 6.45) is 4.41. The predicted octanol–water partition coefficient (Wildman–Crippen LogP) is 5.08. The van der Waals surface area contributed by atoms with Crippen molar-refractivity contribution in [1.29, 1.82) is 0 Å². The first-order valence-corrected chi connectivity index (χ1v) is 9.31. The van der Waals surface area contributed by atoms with E-state index in [0.717, 1.165) is 18.6 Å². The Kier molecular flexibility index (Phi) is 6.61. The maximum absolute atomic E-state index is 4.61. The van der Waals surface area contributed by atoms with Crippen molar-refractivity contribution in [2.45, 2.75) is 60.4 Å². The number of benzene rings is 1. The number of rotatable bonds is 8. The van der Waals surface area contributed by atoms with Gasteiger partial charge in [0.05, 0.1) is 5.52 Å². The second-order valence-corrected chi connectivity index (χ2v) is 6.98. The van der Waals surface area contributed by atoms with Gasteiger partial charge < -0.3 is 10.2 Å². The molecule has 24 heavy (non-hydrogen) atoms. The number of nitrogens with one attached hydrogen (secondary N) is 1. The third kappa shape index (κ3) is 4.47. The van der Waals surface area contributed by atoms with Crippen LogP contribution in [0.25, 0.3) is 10.9 Å². The largest absolute Gasteiger partial charge is 0.382 e. The average molecular weight is 328 g/mol. The molecular weight excluding hydrogens is 294 g/mol. The molecule has 0 saturated carbocycles.